The monoisotopic (exact) mass is 888 g/mol. The van der Waals surface area contributed by atoms with Gasteiger partial charge in [0.15, 0.2) is 23.0 Å². The van der Waals surface area contributed by atoms with Crippen LogP contribution in [0.25, 0.3) is 0 Å². The molecule has 0 saturated carbocycles. The summed E-state index contributed by atoms with van der Waals surface area (Å²) in [5.74, 6) is -7.29. The normalized spacial score (nSPS) is 54.2. The summed E-state index contributed by atoms with van der Waals surface area (Å²) in [6.45, 7) is 11.6. The van der Waals surface area contributed by atoms with Crippen molar-refractivity contribution in [1.82, 2.24) is 0 Å². The number of carbonyl (C=O) groups is 3. The van der Waals surface area contributed by atoms with Crippen LogP contribution >= 0.6 is 0 Å². The van der Waals surface area contributed by atoms with E-state index in [9.17, 15) is 34.8 Å². The van der Waals surface area contributed by atoms with Crippen molar-refractivity contribution in [1.29, 1.82) is 0 Å². The van der Waals surface area contributed by atoms with Crippen LogP contribution in [0.4, 0.5) is 0 Å². The zero-order valence-electron chi connectivity index (χ0n) is 37.5. The van der Waals surface area contributed by atoms with Crippen molar-refractivity contribution in [3.05, 3.63) is 23.8 Å². The van der Waals surface area contributed by atoms with Crippen LogP contribution in [-0.2, 0) is 57.0 Å². The number of hydrogen-bond donors (Lipinski definition) is 4. The maximum atomic E-state index is 14.1. The van der Waals surface area contributed by atoms with Gasteiger partial charge in [0.2, 0.25) is 5.79 Å². The van der Waals surface area contributed by atoms with Crippen LogP contribution in [0.5, 0.6) is 0 Å². The number of aliphatic hydroxyl groups excluding tert-OH is 2. The van der Waals surface area contributed by atoms with Crippen molar-refractivity contribution in [3.63, 3.8) is 0 Å². The first-order valence-corrected chi connectivity index (χ1v) is 23.5. The molecule has 0 radical (unpaired) electrons. The number of Topliss-reactive ketones (excluding diaryl/α,β-unsaturated/α-hetero) is 1. The van der Waals surface area contributed by atoms with Gasteiger partial charge in [-0.1, -0.05) is 37.6 Å². The average Bonchev–Trinajstić information content (AvgIpc) is 4.06. The third-order valence-electron chi connectivity index (χ3n) is 16.0. The Hall–Kier alpha value is -2.35. The van der Waals surface area contributed by atoms with Crippen LogP contribution in [0.1, 0.15) is 131 Å². The maximum absolute atomic E-state index is 14.1. The number of aliphatic hydroxyl groups is 3. The van der Waals surface area contributed by atoms with Crippen LogP contribution < -0.4 is 0 Å². The number of allylic oxidation sites excluding steroid dienone is 3. The van der Waals surface area contributed by atoms with Crippen LogP contribution in [0.3, 0.4) is 0 Å². The number of carboxylic acid groups (broad SMARTS) is 1. The number of carboxylic acids is 1. The molecule has 9 aliphatic heterocycles. The molecule has 0 unspecified atom stereocenters. The lowest BCUT2D eigenvalue weighted by molar-refractivity contribution is -0.358. The minimum atomic E-state index is -1.99. The molecule has 352 valence electrons. The van der Waals surface area contributed by atoms with Gasteiger partial charge in [-0.15, -0.1) is 0 Å². The molecular formula is C47H68O16. The predicted octanol–water partition coefficient (Wildman–Crippen LogP) is 4.32. The van der Waals surface area contributed by atoms with E-state index in [1.54, 1.807) is 13.8 Å². The summed E-state index contributed by atoms with van der Waals surface area (Å²) in [6.07, 6.45) is 2.32. The minimum absolute atomic E-state index is 0.0310. The fourth-order valence-electron chi connectivity index (χ4n) is 12.5. The van der Waals surface area contributed by atoms with Gasteiger partial charge in [0, 0.05) is 38.5 Å². The Morgan fingerprint density at radius 2 is 1.59 bits per heavy atom. The number of ketones is 1. The number of aliphatic carboxylic acids is 1. The molecule has 16 heteroatoms. The third kappa shape index (κ3) is 8.18. The van der Waals surface area contributed by atoms with Gasteiger partial charge in [-0.3, -0.25) is 9.59 Å². The van der Waals surface area contributed by atoms with Gasteiger partial charge in [0.25, 0.3) is 0 Å². The lowest BCUT2D eigenvalue weighted by atomic mass is 9.87. The smallest absolute Gasteiger partial charge is 0.336 e. The van der Waals surface area contributed by atoms with Gasteiger partial charge in [-0.25, -0.2) is 4.79 Å². The van der Waals surface area contributed by atoms with Crippen molar-refractivity contribution in [3.8, 4) is 0 Å². The van der Waals surface area contributed by atoms with E-state index in [4.69, 9.17) is 42.6 Å². The van der Waals surface area contributed by atoms with E-state index in [0.717, 1.165) is 5.57 Å². The molecule has 4 N–H and O–H groups in total. The molecule has 10 bridgehead atoms. The Bertz CT molecular complexity index is 1860. The highest BCUT2D eigenvalue weighted by Crippen LogP contribution is 2.55. The highest BCUT2D eigenvalue weighted by atomic mass is 16.8. The lowest BCUT2D eigenvalue weighted by Gasteiger charge is -2.46. The number of carbonyl (C=O) groups excluding carboxylic acids is 2. The van der Waals surface area contributed by atoms with Crippen LogP contribution in [-0.4, -0.2) is 140 Å². The molecule has 16 nitrogen and oxygen atoms in total. The molecule has 9 heterocycles. The first-order valence-electron chi connectivity index (χ1n) is 23.5. The molecule has 0 aromatic carbocycles. The van der Waals surface area contributed by atoms with Crippen molar-refractivity contribution in [2.75, 3.05) is 6.61 Å². The first kappa shape index (κ1) is 45.8. The van der Waals surface area contributed by atoms with E-state index in [1.807, 2.05) is 32.9 Å². The standard InChI is InChI=1S/C47H68O16/c1-25-9-10-31-33(21-36(56-31)47(54)38(49)27(3)13-19-55-47)57-40(51)28(4)30-8-7-14-45(58-30)16-11-32(59-45)39(50)43(6)23-29(48)37(62-43)34-24-44(41(52)53)17-18-46(60-34,63-44)35-12-15-42(5,61-35)22-26(2)20-25/h9-10,20,26-28,30-39,49-50,54H,7-8,11-19,21-24H2,1-6H3,(H,52,53)/b10-9+,25-20+/t26-,27+,28+,30-,31+,32-,33+,34+,35+,36-,37-,38+,39-,42+,43+,44-,45+,46-,47+/m0/s1. The summed E-state index contributed by atoms with van der Waals surface area (Å²) in [5, 5.41) is 45.4. The van der Waals surface area contributed by atoms with Crippen molar-refractivity contribution in [2.24, 2.45) is 17.8 Å². The van der Waals surface area contributed by atoms with Crippen LogP contribution in [0.15, 0.2) is 23.8 Å². The molecule has 8 fully saturated rings. The molecule has 0 aromatic heterocycles. The average molecular weight is 889 g/mol. The first-order chi connectivity index (χ1) is 29.7. The molecule has 0 aromatic rings. The van der Waals surface area contributed by atoms with E-state index in [-0.39, 0.29) is 56.3 Å². The number of ether oxygens (including phenoxy) is 9. The third-order valence-corrected chi connectivity index (χ3v) is 16.0. The molecule has 8 saturated heterocycles. The largest absolute Gasteiger partial charge is 0.479 e. The molecular weight excluding hydrogens is 821 g/mol. The number of fused-ring (bicyclic) bond motifs is 10. The highest BCUT2D eigenvalue weighted by molar-refractivity contribution is 5.87. The van der Waals surface area contributed by atoms with E-state index in [2.05, 4.69) is 13.0 Å². The van der Waals surface area contributed by atoms with E-state index in [1.165, 1.54) is 0 Å². The minimum Gasteiger partial charge on any atom is -0.479 e. The molecule has 9 aliphatic rings. The Morgan fingerprint density at radius 1 is 0.810 bits per heavy atom. The molecule has 2 spiro atoms. The van der Waals surface area contributed by atoms with Gasteiger partial charge in [0.05, 0.1) is 36.4 Å². The highest BCUT2D eigenvalue weighted by Gasteiger charge is 2.68. The zero-order chi connectivity index (χ0) is 44.9. The summed E-state index contributed by atoms with van der Waals surface area (Å²) < 4.78 is 58.2. The van der Waals surface area contributed by atoms with Crippen LogP contribution in [0, 0.1) is 17.8 Å². The summed E-state index contributed by atoms with van der Waals surface area (Å²) in [5.41, 5.74) is -2.63. The number of esters is 1. The maximum Gasteiger partial charge on any atom is 0.336 e. The van der Waals surface area contributed by atoms with E-state index in [0.29, 0.717) is 57.8 Å². The summed E-state index contributed by atoms with van der Waals surface area (Å²) >= 11 is 0. The van der Waals surface area contributed by atoms with E-state index >= 15 is 0 Å². The summed E-state index contributed by atoms with van der Waals surface area (Å²) in [7, 11) is 0. The Kier molecular flexibility index (Phi) is 12.0. The van der Waals surface area contributed by atoms with Gasteiger partial charge in [-0.2, -0.15) is 0 Å². The molecule has 19 atom stereocenters. The molecule has 0 amide bonds. The fraction of sp³-hybridized carbons (Fsp3) is 0.851. The number of rotatable bonds is 2. The Balaban J connectivity index is 1.01. The second kappa shape index (κ2) is 16.5. The van der Waals surface area contributed by atoms with Gasteiger partial charge >= 0.3 is 11.9 Å². The van der Waals surface area contributed by atoms with Crippen molar-refractivity contribution in [2.45, 2.75) is 227 Å². The Morgan fingerprint density at radius 3 is 2.37 bits per heavy atom. The summed E-state index contributed by atoms with van der Waals surface area (Å²) in [4.78, 5) is 40.9. The lowest BCUT2D eigenvalue weighted by Crippen LogP contribution is -2.60. The fourth-order valence-corrected chi connectivity index (χ4v) is 12.5. The molecule has 9 rings (SSSR count). The summed E-state index contributed by atoms with van der Waals surface area (Å²) in [6, 6.07) is 0. The molecule has 0 aliphatic carbocycles. The number of hydrogen-bond acceptors (Lipinski definition) is 15. The predicted molar refractivity (Wildman–Crippen MR) is 220 cm³/mol. The Labute approximate surface area is 369 Å². The quantitative estimate of drug-likeness (QED) is 0.284. The molecule has 63 heavy (non-hydrogen) atoms. The SMILES string of the molecule is CC1=C\[C@H](C)C[C@@]2(C)CC[C@@H](O2)[C@@]23CC[C@@](C(=O)O)(C[C@@H](O2)[C@H]2O[C@](C)(CC2=O)[C@@H](O)[C@@H]2CC[C@@]4(CCC[C@H](O4)[C@@H](C)C(=O)O[C@@H]4C[C@@H]([C@@]5(O)OCC[C@@H](C)[C@H]5O)O[C@@H]4\C=C\1)O2)O3. The second-order valence-electron chi connectivity index (χ2n) is 21.1. The second-order valence-corrected chi connectivity index (χ2v) is 21.1. The van der Waals surface area contributed by atoms with Gasteiger partial charge in [-0.05, 0) is 90.9 Å². The van der Waals surface area contributed by atoms with Crippen LogP contribution in [0.2, 0.25) is 0 Å². The van der Waals surface area contributed by atoms with E-state index < -0.39 is 113 Å². The topological polar surface area (TPSA) is 215 Å². The van der Waals surface area contributed by atoms with Gasteiger partial charge < -0.3 is 63.1 Å². The van der Waals surface area contributed by atoms with Crippen molar-refractivity contribution < 1.29 is 77.4 Å². The van der Waals surface area contributed by atoms with Gasteiger partial charge in [0.1, 0.15) is 48.3 Å². The zero-order valence-corrected chi connectivity index (χ0v) is 37.5. The van der Waals surface area contributed by atoms with Crippen molar-refractivity contribution >= 4 is 17.7 Å².